The molecule has 0 amide bonds. The zero-order valence-corrected chi connectivity index (χ0v) is 14.8. The van der Waals surface area contributed by atoms with Gasteiger partial charge in [-0.2, -0.15) is 0 Å². The van der Waals surface area contributed by atoms with E-state index < -0.39 is 0 Å². The van der Waals surface area contributed by atoms with E-state index in [4.69, 9.17) is 4.98 Å². The van der Waals surface area contributed by atoms with Crippen molar-refractivity contribution in [1.82, 2.24) is 19.5 Å². The summed E-state index contributed by atoms with van der Waals surface area (Å²) in [5, 5.41) is 5.53. The van der Waals surface area contributed by atoms with Crippen LogP contribution >= 0.6 is 11.3 Å². The van der Waals surface area contributed by atoms with E-state index in [2.05, 4.69) is 64.3 Å². The number of nitrogens with one attached hydrogen (secondary N) is 1. The van der Waals surface area contributed by atoms with Crippen LogP contribution in [0.25, 0.3) is 43.8 Å². The van der Waals surface area contributed by atoms with E-state index in [9.17, 15) is 0 Å². The number of aromatic nitrogens is 4. The number of fused-ring (bicyclic) bond motifs is 2. The molecular weight excluding hydrogens is 328 g/mol. The van der Waals surface area contributed by atoms with Crippen molar-refractivity contribution in [3.8, 4) is 21.8 Å². The Morgan fingerprint density at radius 3 is 2.96 bits per heavy atom. The van der Waals surface area contributed by atoms with E-state index in [0.717, 1.165) is 27.3 Å². The summed E-state index contributed by atoms with van der Waals surface area (Å²) in [5.74, 6) is 0. The van der Waals surface area contributed by atoms with Gasteiger partial charge in [-0.1, -0.05) is 11.6 Å². The summed E-state index contributed by atoms with van der Waals surface area (Å²) in [4.78, 5) is 12.5. The van der Waals surface area contributed by atoms with E-state index in [-0.39, 0.29) is 0 Å². The van der Waals surface area contributed by atoms with Crippen LogP contribution in [0.15, 0.2) is 54.3 Å². The molecule has 0 unspecified atom stereocenters. The summed E-state index contributed by atoms with van der Waals surface area (Å²) in [5.41, 5.74) is 6.67. The number of nitrogens with zero attached hydrogens (tertiary/aromatic N) is 3. The largest absolute Gasteiger partial charge is 0.350 e. The van der Waals surface area contributed by atoms with Crippen LogP contribution in [-0.2, 0) is 7.05 Å². The van der Waals surface area contributed by atoms with Crippen LogP contribution in [0, 0.1) is 6.92 Å². The molecule has 122 valence electrons. The molecule has 0 radical (unpaired) electrons. The molecule has 0 atom stereocenters. The van der Waals surface area contributed by atoms with E-state index in [1.807, 2.05) is 12.3 Å². The summed E-state index contributed by atoms with van der Waals surface area (Å²) < 4.78 is 2.17. The first-order chi connectivity index (χ1) is 12.2. The van der Waals surface area contributed by atoms with Crippen LogP contribution in [0.1, 0.15) is 5.56 Å². The minimum atomic E-state index is 0.896. The molecule has 0 saturated carbocycles. The lowest BCUT2D eigenvalue weighted by Crippen LogP contribution is -1.82. The van der Waals surface area contributed by atoms with Crippen LogP contribution in [-0.4, -0.2) is 19.5 Å². The fraction of sp³-hybridized carbons (Fsp3) is 0.100. The molecule has 5 heteroatoms. The fourth-order valence-corrected chi connectivity index (χ4v) is 4.21. The second-order valence-electron chi connectivity index (χ2n) is 6.31. The van der Waals surface area contributed by atoms with E-state index in [1.54, 1.807) is 17.5 Å². The summed E-state index contributed by atoms with van der Waals surface area (Å²) in [6.45, 7) is 2.13. The number of hydrogen-bond donors (Lipinski definition) is 1. The second-order valence-corrected chi connectivity index (χ2v) is 7.17. The number of thiazole rings is 1. The Balaban J connectivity index is 1.67. The Labute approximate surface area is 148 Å². The highest BCUT2D eigenvalue weighted by Crippen LogP contribution is 2.36. The molecule has 0 aliphatic heterocycles. The van der Waals surface area contributed by atoms with Gasteiger partial charge < -0.3 is 9.55 Å². The number of benzene rings is 1. The molecular formula is C20H16N4S. The van der Waals surface area contributed by atoms with Crippen molar-refractivity contribution in [2.24, 2.45) is 7.05 Å². The number of aromatic amines is 1. The standard InChI is InChI=1S/C20H16N4S/c1-12-5-6-18-14(8-12)16(10-24(18)2)20-23-17(11-25-20)15-9-22-19-13(15)4-3-7-21-19/h3-11H,1-2H3,(H,21,22). The van der Waals surface area contributed by atoms with Gasteiger partial charge in [0.25, 0.3) is 0 Å². The van der Waals surface area contributed by atoms with Crippen LogP contribution in [0.2, 0.25) is 0 Å². The van der Waals surface area contributed by atoms with Crippen LogP contribution in [0.3, 0.4) is 0 Å². The lowest BCUT2D eigenvalue weighted by Gasteiger charge is -1.97. The van der Waals surface area contributed by atoms with Crippen molar-refractivity contribution in [3.63, 3.8) is 0 Å². The predicted molar refractivity (Wildman–Crippen MR) is 104 cm³/mol. The van der Waals surface area contributed by atoms with Gasteiger partial charge in [-0.25, -0.2) is 9.97 Å². The highest BCUT2D eigenvalue weighted by molar-refractivity contribution is 7.13. The third kappa shape index (κ3) is 2.20. The first-order valence-electron chi connectivity index (χ1n) is 8.15. The first kappa shape index (κ1) is 14.4. The first-order valence-corrected chi connectivity index (χ1v) is 9.03. The molecule has 0 fully saturated rings. The van der Waals surface area contributed by atoms with Crippen LogP contribution in [0.4, 0.5) is 0 Å². The van der Waals surface area contributed by atoms with Crippen LogP contribution < -0.4 is 0 Å². The zero-order chi connectivity index (χ0) is 17.0. The molecule has 5 rings (SSSR count). The molecule has 0 aliphatic carbocycles. The van der Waals surface area contributed by atoms with E-state index in [1.165, 1.54) is 22.0 Å². The molecule has 0 saturated heterocycles. The quantitative estimate of drug-likeness (QED) is 0.481. The van der Waals surface area contributed by atoms with Gasteiger partial charge >= 0.3 is 0 Å². The topological polar surface area (TPSA) is 46.5 Å². The highest BCUT2D eigenvalue weighted by atomic mass is 32.1. The minimum Gasteiger partial charge on any atom is -0.350 e. The zero-order valence-electron chi connectivity index (χ0n) is 13.9. The molecule has 1 aromatic carbocycles. The van der Waals surface area contributed by atoms with Crippen molar-refractivity contribution in [3.05, 3.63) is 59.9 Å². The predicted octanol–water partition coefficient (Wildman–Crippen LogP) is 5.15. The lowest BCUT2D eigenvalue weighted by molar-refractivity contribution is 0.970. The molecule has 4 nitrogen and oxygen atoms in total. The van der Waals surface area contributed by atoms with Gasteiger partial charge in [0.15, 0.2) is 0 Å². The van der Waals surface area contributed by atoms with E-state index in [0.29, 0.717) is 0 Å². The average molecular weight is 344 g/mol. The summed E-state index contributed by atoms with van der Waals surface area (Å²) in [7, 11) is 2.08. The smallest absolute Gasteiger partial charge is 0.137 e. The summed E-state index contributed by atoms with van der Waals surface area (Å²) >= 11 is 1.68. The average Bonchev–Trinajstić information content (AvgIpc) is 3.31. The molecule has 0 spiro atoms. The van der Waals surface area contributed by atoms with Crippen molar-refractivity contribution < 1.29 is 0 Å². The molecule has 5 aromatic rings. The molecule has 0 bridgehead atoms. The second kappa shape index (κ2) is 5.29. The Kier molecular flexibility index (Phi) is 3.05. The number of rotatable bonds is 2. The third-order valence-corrected chi connectivity index (χ3v) is 5.48. The Morgan fingerprint density at radius 1 is 1.12 bits per heavy atom. The highest BCUT2D eigenvalue weighted by Gasteiger charge is 2.15. The molecule has 4 heterocycles. The summed E-state index contributed by atoms with van der Waals surface area (Å²) in [6, 6.07) is 10.6. The van der Waals surface area contributed by atoms with Crippen molar-refractivity contribution in [2.75, 3.05) is 0 Å². The monoisotopic (exact) mass is 344 g/mol. The maximum atomic E-state index is 4.92. The maximum Gasteiger partial charge on any atom is 0.137 e. The number of H-pyrrole nitrogens is 1. The van der Waals surface area contributed by atoms with Gasteiger partial charge in [0, 0.05) is 58.4 Å². The Bertz CT molecular complexity index is 1230. The Morgan fingerprint density at radius 2 is 2.04 bits per heavy atom. The Hall–Kier alpha value is -2.92. The van der Waals surface area contributed by atoms with Gasteiger partial charge in [0.2, 0.25) is 0 Å². The van der Waals surface area contributed by atoms with Crippen molar-refractivity contribution in [2.45, 2.75) is 6.92 Å². The summed E-state index contributed by atoms with van der Waals surface area (Å²) in [6.07, 6.45) is 5.96. The van der Waals surface area contributed by atoms with Crippen LogP contribution in [0.5, 0.6) is 0 Å². The van der Waals surface area contributed by atoms with Gasteiger partial charge in [-0.3, -0.25) is 0 Å². The number of aryl methyl sites for hydroxylation is 2. The SMILES string of the molecule is Cc1ccc2c(c1)c(-c1nc(-c3c[nH]c4ncccc34)cs1)cn2C. The lowest BCUT2D eigenvalue weighted by atomic mass is 10.1. The molecule has 1 N–H and O–H groups in total. The van der Waals surface area contributed by atoms with E-state index >= 15 is 0 Å². The number of pyridine rings is 1. The van der Waals surface area contributed by atoms with Crippen molar-refractivity contribution in [1.29, 1.82) is 0 Å². The third-order valence-electron chi connectivity index (χ3n) is 4.61. The van der Waals surface area contributed by atoms with Gasteiger partial charge in [0.1, 0.15) is 10.7 Å². The number of hydrogen-bond acceptors (Lipinski definition) is 3. The van der Waals surface area contributed by atoms with Gasteiger partial charge in [-0.05, 0) is 31.2 Å². The van der Waals surface area contributed by atoms with Crippen molar-refractivity contribution >= 4 is 33.3 Å². The maximum absolute atomic E-state index is 4.92. The fourth-order valence-electron chi connectivity index (χ4n) is 3.37. The molecule has 25 heavy (non-hydrogen) atoms. The van der Waals surface area contributed by atoms with Gasteiger partial charge in [0.05, 0.1) is 5.69 Å². The van der Waals surface area contributed by atoms with Gasteiger partial charge in [-0.15, -0.1) is 11.3 Å². The molecule has 0 aliphatic rings. The minimum absolute atomic E-state index is 0.896. The molecule has 4 aromatic heterocycles. The normalized spacial score (nSPS) is 11.6.